The Labute approximate surface area is 88.0 Å². The molecule has 0 fully saturated rings. The van der Waals surface area contributed by atoms with Crippen LogP contribution in [-0.2, 0) is 11.3 Å². The van der Waals surface area contributed by atoms with Crippen molar-refractivity contribution in [2.75, 3.05) is 13.7 Å². The SMILES string of the molecule is COc1ccc(CN)cc1OCC(N)=O. The van der Waals surface area contributed by atoms with Gasteiger partial charge in [-0.3, -0.25) is 4.79 Å². The van der Waals surface area contributed by atoms with Gasteiger partial charge >= 0.3 is 0 Å². The molecule has 0 saturated heterocycles. The Morgan fingerprint density at radius 2 is 2.13 bits per heavy atom. The molecule has 0 saturated carbocycles. The predicted octanol–water partition coefficient (Wildman–Crippen LogP) is 0.0180. The van der Waals surface area contributed by atoms with E-state index in [1.807, 2.05) is 6.07 Å². The van der Waals surface area contributed by atoms with Gasteiger partial charge in [0.05, 0.1) is 7.11 Å². The minimum Gasteiger partial charge on any atom is -0.493 e. The zero-order chi connectivity index (χ0) is 11.3. The summed E-state index contributed by atoms with van der Waals surface area (Å²) in [4.78, 5) is 10.6. The van der Waals surface area contributed by atoms with Crippen LogP contribution >= 0.6 is 0 Å². The molecule has 0 bridgehead atoms. The van der Waals surface area contributed by atoms with Gasteiger partial charge in [0.1, 0.15) is 0 Å². The molecular weight excluding hydrogens is 196 g/mol. The Bertz CT molecular complexity index is 353. The zero-order valence-corrected chi connectivity index (χ0v) is 8.53. The van der Waals surface area contributed by atoms with Crippen LogP contribution in [0.4, 0.5) is 0 Å². The number of primary amides is 1. The van der Waals surface area contributed by atoms with E-state index in [-0.39, 0.29) is 6.61 Å². The fraction of sp³-hybridized carbons (Fsp3) is 0.300. The van der Waals surface area contributed by atoms with Gasteiger partial charge in [0.25, 0.3) is 5.91 Å². The van der Waals surface area contributed by atoms with Crippen LogP contribution in [0.15, 0.2) is 18.2 Å². The first-order valence-electron chi connectivity index (χ1n) is 4.45. The minimum absolute atomic E-state index is 0.176. The monoisotopic (exact) mass is 210 g/mol. The number of amides is 1. The van der Waals surface area contributed by atoms with Crippen molar-refractivity contribution in [1.29, 1.82) is 0 Å². The number of benzene rings is 1. The Hall–Kier alpha value is -1.75. The zero-order valence-electron chi connectivity index (χ0n) is 8.53. The number of ether oxygens (including phenoxy) is 2. The summed E-state index contributed by atoms with van der Waals surface area (Å²) in [5.41, 5.74) is 11.3. The van der Waals surface area contributed by atoms with Crippen LogP contribution in [0.2, 0.25) is 0 Å². The topological polar surface area (TPSA) is 87.6 Å². The lowest BCUT2D eigenvalue weighted by molar-refractivity contribution is -0.119. The summed E-state index contributed by atoms with van der Waals surface area (Å²) in [6, 6.07) is 5.29. The number of methoxy groups -OCH3 is 1. The van der Waals surface area contributed by atoms with E-state index in [1.54, 1.807) is 12.1 Å². The summed E-state index contributed by atoms with van der Waals surface area (Å²) >= 11 is 0. The molecule has 0 unspecified atom stereocenters. The number of carbonyl (C=O) groups excluding carboxylic acids is 1. The minimum atomic E-state index is -0.532. The molecule has 15 heavy (non-hydrogen) atoms. The molecule has 0 heterocycles. The van der Waals surface area contributed by atoms with Gasteiger partial charge in [-0.05, 0) is 17.7 Å². The number of carbonyl (C=O) groups is 1. The van der Waals surface area contributed by atoms with Crippen molar-refractivity contribution in [2.45, 2.75) is 6.54 Å². The van der Waals surface area contributed by atoms with Gasteiger partial charge in [-0.15, -0.1) is 0 Å². The van der Waals surface area contributed by atoms with Crippen molar-refractivity contribution in [2.24, 2.45) is 11.5 Å². The van der Waals surface area contributed by atoms with Gasteiger partial charge in [-0.2, -0.15) is 0 Å². The average molecular weight is 210 g/mol. The van der Waals surface area contributed by atoms with E-state index < -0.39 is 5.91 Å². The molecule has 0 aliphatic rings. The lowest BCUT2D eigenvalue weighted by Gasteiger charge is -2.10. The smallest absolute Gasteiger partial charge is 0.255 e. The maximum atomic E-state index is 10.6. The first kappa shape index (κ1) is 11.3. The molecule has 0 aliphatic carbocycles. The molecule has 1 amide bonds. The summed E-state index contributed by atoms with van der Waals surface area (Å²) < 4.78 is 10.2. The van der Waals surface area contributed by atoms with Crippen LogP contribution in [0.25, 0.3) is 0 Å². The van der Waals surface area contributed by atoms with Gasteiger partial charge in [0.2, 0.25) is 0 Å². The van der Waals surface area contributed by atoms with E-state index in [2.05, 4.69) is 0 Å². The summed E-state index contributed by atoms with van der Waals surface area (Å²) in [5, 5.41) is 0. The maximum Gasteiger partial charge on any atom is 0.255 e. The molecule has 0 spiro atoms. The van der Waals surface area contributed by atoms with Crippen LogP contribution < -0.4 is 20.9 Å². The van der Waals surface area contributed by atoms with E-state index in [0.29, 0.717) is 18.0 Å². The molecule has 4 N–H and O–H groups in total. The van der Waals surface area contributed by atoms with Gasteiger partial charge in [-0.25, -0.2) is 0 Å². The summed E-state index contributed by atoms with van der Waals surface area (Å²) in [5.74, 6) is 0.489. The molecule has 0 atom stereocenters. The van der Waals surface area contributed by atoms with Crippen molar-refractivity contribution < 1.29 is 14.3 Å². The normalized spacial score (nSPS) is 9.73. The highest BCUT2D eigenvalue weighted by Crippen LogP contribution is 2.27. The van der Waals surface area contributed by atoms with Crippen LogP contribution in [0.3, 0.4) is 0 Å². The second-order valence-corrected chi connectivity index (χ2v) is 2.94. The molecule has 1 aromatic carbocycles. The standard InChI is InChI=1S/C10H14N2O3/c1-14-8-3-2-7(5-11)4-9(8)15-6-10(12)13/h2-4H,5-6,11H2,1H3,(H2,12,13). The Kier molecular flexibility index (Phi) is 3.93. The second kappa shape index (κ2) is 5.21. The lowest BCUT2D eigenvalue weighted by atomic mass is 10.2. The largest absolute Gasteiger partial charge is 0.493 e. The van der Waals surface area contributed by atoms with Gasteiger partial charge in [-0.1, -0.05) is 6.07 Å². The third-order valence-electron chi connectivity index (χ3n) is 1.83. The molecule has 82 valence electrons. The van der Waals surface area contributed by atoms with Crippen LogP contribution in [0.1, 0.15) is 5.56 Å². The van der Waals surface area contributed by atoms with Crippen LogP contribution in [0.5, 0.6) is 11.5 Å². The van der Waals surface area contributed by atoms with E-state index in [9.17, 15) is 4.79 Å². The van der Waals surface area contributed by atoms with Gasteiger partial charge < -0.3 is 20.9 Å². The number of hydrogen-bond acceptors (Lipinski definition) is 4. The number of rotatable bonds is 5. The average Bonchev–Trinajstić information content (AvgIpc) is 2.25. The molecular formula is C10H14N2O3. The van der Waals surface area contributed by atoms with Gasteiger partial charge in [0.15, 0.2) is 18.1 Å². The van der Waals surface area contributed by atoms with Crippen LogP contribution in [-0.4, -0.2) is 19.6 Å². The van der Waals surface area contributed by atoms with Crippen molar-refractivity contribution in [3.8, 4) is 11.5 Å². The first-order valence-corrected chi connectivity index (χ1v) is 4.45. The highest BCUT2D eigenvalue weighted by atomic mass is 16.5. The lowest BCUT2D eigenvalue weighted by Crippen LogP contribution is -2.20. The molecule has 5 heteroatoms. The third kappa shape index (κ3) is 3.14. The number of hydrogen-bond donors (Lipinski definition) is 2. The Morgan fingerprint density at radius 3 is 2.67 bits per heavy atom. The molecule has 0 aliphatic heterocycles. The predicted molar refractivity (Wildman–Crippen MR) is 55.6 cm³/mol. The van der Waals surface area contributed by atoms with E-state index in [1.165, 1.54) is 7.11 Å². The number of nitrogens with two attached hydrogens (primary N) is 2. The summed E-state index contributed by atoms with van der Waals surface area (Å²) in [6.07, 6.45) is 0. The van der Waals surface area contributed by atoms with Gasteiger partial charge in [0, 0.05) is 6.54 Å². The van der Waals surface area contributed by atoms with Crippen molar-refractivity contribution in [3.05, 3.63) is 23.8 Å². The van der Waals surface area contributed by atoms with E-state index in [4.69, 9.17) is 20.9 Å². The first-order chi connectivity index (χ1) is 7.17. The molecule has 1 aromatic rings. The Morgan fingerprint density at radius 1 is 1.40 bits per heavy atom. The molecule has 1 rings (SSSR count). The Balaban J connectivity index is 2.85. The third-order valence-corrected chi connectivity index (χ3v) is 1.83. The van der Waals surface area contributed by atoms with Crippen molar-refractivity contribution in [3.63, 3.8) is 0 Å². The summed E-state index contributed by atoms with van der Waals surface area (Å²) in [6.45, 7) is 0.224. The summed E-state index contributed by atoms with van der Waals surface area (Å²) in [7, 11) is 1.52. The molecule has 0 radical (unpaired) electrons. The highest BCUT2D eigenvalue weighted by Gasteiger charge is 2.06. The maximum absolute atomic E-state index is 10.6. The fourth-order valence-electron chi connectivity index (χ4n) is 1.11. The molecule has 5 nitrogen and oxygen atoms in total. The quantitative estimate of drug-likeness (QED) is 0.717. The van der Waals surface area contributed by atoms with E-state index in [0.717, 1.165) is 5.56 Å². The van der Waals surface area contributed by atoms with Crippen LogP contribution in [0, 0.1) is 0 Å². The van der Waals surface area contributed by atoms with Crippen molar-refractivity contribution in [1.82, 2.24) is 0 Å². The van der Waals surface area contributed by atoms with Crippen molar-refractivity contribution >= 4 is 5.91 Å². The highest BCUT2D eigenvalue weighted by molar-refractivity contribution is 5.75. The fourth-order valence-corrected chi connectivity index (χ4v) is 1.11. The van der Waals surface area contributed by atoms with E-state index >= 15 is 0 Å². The second-order valence-electron chi connectivity index (χ2n) is 2.94. The molecule has 0 aromatic heterocycles.